The normalized spacial score (nSPS) is 12.7. The Morgan fingerprint density at radius 2 is 0.898 bits per heavy atom. The molecule has 4 heterocycles. The fourth-order valence-electron chi connectivity index (χ4n) is 10.3. The highest BCUT2D eigenvalue weighted by Crippen LogP contribution is 2.46. The molecule has 59 heavy (non-hydrogen) atoms. The summed E-state index contributed by atoms with van der Waals surface area (Å²) in [5, 5.41) is 5.06. The van der Waals surface area contributed by atoms with E-state index in [0.29, 0.717) is 0 Å². The highest BCUT2D eigenvalue weighted by molar-refractivity contribution is 7.00. The molecular weight excluding hydrogens is 715 g/mol. The number of benzene rings is 9. The second-order valence-electron chi connectivity index (χ2n) is 15.7. The fourth-order valence-corrected chi connectivity index (χ4v) is 10.3. The minimum absolute atomic E-state index is 0.0426. The summed E-state index contributed by atoms with van der Waals surface area (Å²) in [5.41, 5.74) is 18.1. The molecule has 274 valence electrons. The van der Waals surface area contributed by atoms with Gasteiger partial charge in [-0.15, -0.1) is 0 Å². The lowest BCUT2D eigenvalue weighted by molar-refractivity contribution is 1.16. The van der Waals surface area contributed by atoms with E-state index < -0.39 is 0 Å². The van der Waals surface area contributed by atoms with Crippen molar-refractivity contribution in [2.24, 2.45) is 0 Å². The maximum absolute atomic E-state index is 2.59. The van der Waals surface area contributed by atoms with Crippen molar-refractivity contribution in [2.45, 2.75) is 0 Å². The zero-order chi connectivity index (χ0) is 38.6. The molecule has 13 rings (SSSR count). The Labute approximate surface area is 342 Å². The minimum Gasteiger partial charge on any atom is -0.311 e. The van der Waals surface area contributed by atoms with Crippen LogP contribution in [-0.4, -0.2) is 15.8 Å². The molecule has 11 aromatic rings. The predicted molar refractivity (Wildman–Crippen MR) is 249 cm³/mol. The summed E-state index contributed by atoms with van der Waals surface area (Å²) in [5.74, 6) is 0. The molecule has 0 atom stereocenters. The highest BCUT2D eigenvalue weighted by atomic mass is 15.2. The number of rotatable bonds is 5. The van der Waals surface area contributed by atoms with Gasteiger partial charge < -0.3 is 18.9 Å². The first-order chi connectivity index (χ1) is 29.3. The van der Waals surface area contributed by atoms with Gasteiger partial charge in [-0.05, 0) is 101 Å². The smallest absolute Gasteiger partial charge is 0.252 e. The molecule has 4 nitrogen and oxygen atoms in total. The summed E-state index contributed by atoms with van der Waals surface area (Å²) in [6.07, 6.45) is 0. The third-order valence-corrected chi connectivity index (χ3v) is 12.6. The van der Waals surface area contributed by atoms with Gasteiger partial charge in [0.15, 0.2) is 0 Å². The molecule has 0 saturated carbocycles. The van der Waals surface area contributed by atoms with Crippen molar-refractivity contribution >= 4 is 101 Å². The molecule has 2 aliphatic rings. The Kier molecular flexibility index (Phi) is 6.78. The monoisotopic (exact) mass is 750 g/mol. The molecule has 9 aromatic carbocycles. The van der Waals surface area contributed by atoms with Crippen molar-refractivity contribution in [1.82, 2.24) is 9.13 Å². The number of hydrogen-bond acceptors (Lipinski definition) is 2. The average Bonchev–Trinajstić information content (AvgIpc) is 3.81. The Morgan fingerprint density at radius 1 is 0.339 bits per heavy atom. The van der Waals surface area contributed by atoms with Crippen molar-refractivity contribution in [3.05, 3.63) is 212 Å². The van der Waals surface area contributed by atoms with E-state index >= 15 is 0 Å². The van der Waals surface area contributed by atoms with Gasteiger partial charge in [-0.3, -0.25) is 0 Å². The number of hydrogen-bond donors (Lipinski definition) is 0. The van der Waals surface area contributed by atoms with Gasteiger partial charge in [-0.25, -0.2) is 0 Å². The zero-order valence-electron chi connectivity index (χ0n) is 32.1. The van der Waals surface area contributed by atoms with Crippen LogP contribution < -0.4 is 26.2 Å². The Balaban J connectivity index is 1.21. The first-order valence-corrected chi connectivity index (χ1v) is 20.4. The van der Waals surface area contributed by atoms with Crippen LogP contribution in [0.15, 0.2) is 212 Å². The Morgan fingerprint density at radius 3 is 1.64 bits per heavy atom. The van der Waals surface area contributed by atoms with Crippen LogP contribution in [0.2, 0.25) is 0 Å². The van der Waals surface area contributed by atoms with E-state index in [0.717, 1.165) is 28.4 Å². The molecule has 5 heteroatoms. The minimum atomic E-state index is 0.0426. The number of fused-ring (bicyclic) bond motifs is 10. The molecule has 2 aliphatic heterocycles. The summed E-state index contributed by atoms with van der Waals surface area (Å²) in [6, 6.07) is 77.9. The summed E-state index contributed by atoms with van der Waals surface area (Å²) >= 11 is 0. The maximum atomic E-state index is 2.59. The standard InChI is InChI=1S/C54H35BN4/c1-5-18-36(19-6-1)56(37-20-7-2-8-21-37)40-32-51-53-52(33-40)59-50-35-49-43(41-26-13-15-30-47(41)57(49)38-22-9-3-10-23-38)34-44(50)42-27-17-29-46(54(42)59)55(53)45-28-14-16-31-48(45)58(51)39-24-11-4-12-25-39/h1-35H. The second-order valence-corrected chi connectivity index (χ2v) is 15.7. The van der Waals surface area contributed by atoms with Gasteiger partial charge in [-0.2, -0.15) is 0 Å². The molecule has 0 saturated heterocycles. The third kappa shape index (κ3) is 4.55. The van der Waals surface area contributed by atoms with Crippen LogP contribution in [0.4, 0.5) is 34.1 Å². The lowest BCUT2D eigenvalue weighted by atomic mass is 9.34. The van der Waals surface area contributed by atoms with Crippen LogP contribution >= 0.6 is 0 Å². The number of nitrogens with zero attached hydrogens (tertiary/aromatic N) is 4. The van der Waals surface area contributed by atoms with E-state index in [1.54, 1.807) is 0 Å². The zero-order valence-corrected chi connectivity index (χ0v) is 32.1. The SMILES string of the molecule is c1ccc(N(c2ccccc2)c2cc3c4c(c2)-n2c5cc6c(cc5c5cccc(c52)B4c2ccccc2N3c2ccccc2)c2ccccc2n6-c2ccccc2)cc1. The van der Waals surface area contributed by atoms with Crippen molar-refractivity contribution in [3.63, 3.8) is 0 Å². The molecule has 0 spiro atoms. The van der Waals surface area contributed by atoms with Crippen molar-refractivity contribution in [2.75, 3.05) is 9.80 Å². The quantitative estimate of drug-likeness (QED) is 0.163. The molecule has 0 amide bonds. The lowest BCUT2D eigenvalue weighted by Crippen LogP contribution is -2.60. The van der Waals surface area contributed by atoms with Crippen molar-refractivity contribution in [3.8, 4) is 11.4 Å². The summed E-state index contributed by atoms with van der Waals surface area (Å²) in [6.45, 7) is 0.0426. The van der Waals surface area contributed by atoms with Gasteiger partial charge in [-0.1, -0.05) is 127 Å². The molecule has 0 bridgehead atoms. The van der Waals surface area contributed by atoms with Gasteiger partial charge in [0.05, 0.1) is 22.2 Å². The van der Waals surface area contributed by atoms with Crippen LogP contribution in [0, 0.1) is 0 Å². The summed E-state index contributed by atoms with van der Waals surface area (Å²) in [4.78, 5) is 4.90. The molecule has 0 N–H and O–H groups in total. The molecule has 2 aromatic heterocycles. The van der Waals surface area contributed by atoms with E-state index in [1.165, 1.54) is 77.1 Å². The molecule has 0 aliphatic carbocycles. The van der Waals surface area contributed by atoms with Gasteiger partial charge in [0.2, 0.25) is 0 Å². The van der Waals surface area contributed by atoms with E-state index in [2.05, 4.69) is 231 Å². The van der Waals surface area contributed by atoms with E-state index in [-0.39, 0.29) is 6.71 Å². The van der Waals surface area contributed by atoms with Gasteiger partial charge in [0, 0.05) is 66.9 Å². The topological polar surface area (TPSA) is 16.3 Å². The predicted octanol–water partition coefficient (Wildman–Crippen LogP) is 12.0. The summed E-state index contributed by atoms with van der Waals surface area (Å²) < 4.78 is 5.03. The second kappa shape index (κ2) is 12.4. The van der Waals surface area contributed by atoms with E-state index in [9.17, 15) is 0 Å². The molecule has 0 fully saturated rings. The van der Waals surface area contributed by atoms with Crippen LogP contribution in [0.5, 0.6) is 0 Å². The lowest BCUT2D eigenvalue weighted by Gasteiger charge is -2.41. The number of aromatic nitrogens is 2. The van der Waals surface area contributed by atoms with Crippen molar-refractivity contribution in [1.29, 1.82) is 0 Å². The maximum Gasteiger partial charge on any atom is 0.252 e. The van der Waals surface area contributed by atoms with E-state index in [4.69, 9.17) is 0 Å². The molecule has 0 radical (unpaired) electrons. The van der Waals surface area contributed by atoms with Crippen LogP contribution in [-0.2, 0) is 0 Å². The molecular formula is C54H35BN4. The molecule has 0 unspecified atom stereocenters. The number of para-hydroxylation sites is 7. The largest absolute Gasteiger partial charge is 0.311 e. The van der Waals surface area contributed by atoms with Crippen molar-refractivity contribution < 1.29 is 0 Å². The van der Waals surface area contributed by atoms with Gasteiger partial charge in [0.1, 0.15) is 0 Å². The van der Waals surface area contributed by atoms with Crippen LogP contribution in [0.1, 0.15) is 0 Å². The number of anilines is 6. The highest BCUT2D eigenvalue weighted by Gasteiger charge is 2.42. The third-order valence-electron chi connectivity index (χ3n) is 12.6. The van der Waals surface area contributed by atoms with Gasteiger partial charge >= 0.3 is 0 Å². The Bertz CT molecular complexity index is 3410. The van der Waals surface area contributed by atoms with E-state index in [1.807, 2.05) is 0 Å². The first-order valence-electron chi connectivity index (χ1n) is 20.4. The van der Waals surface area contributed by atoms with Gasteiger partial charge in [0.25, 0.3) is 6.71 Å². The Hall–Kier alpha value is -7.76. The fraction of sp³-hybridized carbons (Fsp3) is 0. The first kappa shape index (κ1) is 32.3. The van der Waals surface area contributed by atoms with Crippen LogP contribution in [0.3, 0.4) is 0 Å². The van der Waals surface area contributed by atoms with Crippen LogP contribution in [0.25, 0.3) is 55.0 Å². The summed E-state index contributed by atoms with van der Waals surface area (Å²) in [7, 11) is 0. The average molecular weight is 751 g/mol.